The Morgan fingerprint density at radius 2 is 2.00 bits per heavy atom. The molecule has 0 aliphatic rings. The Kier molecular flexibility index (Phi) is 4.14. The Hall–Kier alpha value is -2.94. The molecule has 0 saturated carbocycles. The average Bonchev–Trinajstić information content (AvgIpc) is 2.48. The molecule has 0 aromatic heterocycles. The highest BCUT2D eigenvalue weighted by molar-refractivity contribution is 5.95. The van der Waals surface area contributed by atoms with Gasteiger partial charge in [-0.3, -0.25) is 0 Å². The second kappa shape index (κ2) is 6.01. The van der Waals surface area contributed by atoms with Crippen molar-refractivity contribution in [1.82, 2.24) is 0 Å². The van der Waals surface area contributed by atoms with E-state index < -0.39 is 17.6 Å². The number of rotatable bonds is 3. The minimum Gasteiger partial charge on any atom is -0.457 e. The number of carbonyl (C=O) groups is 1. The Balaban J connectivity index is 2.15. The molecule has 0 spiro atoms. The molecule has 0 fully saturated rings. The van der Waals surface area contributed by atoms with Gasteiger partial charge in [0.15, 0.2) is 0 Å². The quantitative estimate of drug-likeness (QED) is 0.696. The largest absolute Gasteiger partial charge is 0.457 e. The Bertz CT molecular complexity index is 739. The number of anilines is 1. The summed E-state index contributed by atoms with van der Waals surface area (Å²) in [6.07, 6.45) is 0. The van der Waals surface area contributed by atoms with Gasteiger partial charge in [0.2, 0.25) is 0 Å². The number of halogens is 2. The molecule has 0 amide bonds. The molecule has 0 radical (unpaired) electrons. The number of nitriles is 1. The number of nitrogens with two attached hydrogens (primary N) is 1. The normalized spacial score (nSPS) is 9.95. The number of benzene rings is 2. The van der Waals surface area contributed by atoms with E-state index in [1.807, 2.05) is 6.07 Å². The molecule has 2 aromatic carbocycles. The first-order valence-electron chi connectivity index (χ1n) is 5.92. The van der Waals surface area contributed by atoms with Crippen LogP contribution in [0.2, 0.25) is 0 Å². The van der Waals surface area contributed by atoms with Crippen molar-refractivity contribution in [2.45, 2.75) is 6.61 Å². The summed E-state index contributed by atoms with van der Waals surface area (Å²) >= 11 is 0. The van der Waals surface area contributed by atoms with Crippen molar-refractivity contribution < 1.29 is 18.3 Å². The third kappa shape index (κ3) is 3.34. The number of carbonyl (C=O) groups excluding carboxylic acids is 1. The van der Waals surface area contributed by atoms with Gasteiger partial charge < -0.3 is 10.5 Å². The minimum atomic E-state index is -0.867. The molecule has 4 nitrogen and oxygen atoms in total. The van der Waals surface area contributed by atoms with E-state index in [2.05, 4.69) is 0 Å². The predicted octanol–water partition coefficient (Wildman–Crippen LogP) is 2.78. The molecule has 0 unspecified atom stereocenters. The molecule has 2 aromatic rings. The van der Waals surface area contributed by atoms with Gasteiger partial charge in [0.25, 0.3) is 0 Å². The lowest BCUT2D eigenvalue weighted by molar-refractivity contribution is 0.0469. The lowest BCUT2D eigenvalue weighted by atomic mass is 10.1. The average molecular weight is 288 g/mol. The standard InChI is InChI=1S/C15H10F2N2O2/c16-11-2-4-14(19)12(6-11)15(20)21-8-10-5-9(7-18)1-3-13(10)17/h1-6H,8,19H2. The van der Waals surface area contributed by atoms with E-state index in [0.717, 1.165) is 18.2 Å². The van der Waals surface area contributed by atoms with E-state index in [1.54, 1.807) is 0 Å². The van der Waals surface area contributed by atoms with Gasteiger partial charge in [-0.05, 0) is 36.4 Å². The molecule has 2 rings (SSSR count). The third-order valence-corrected chi connectivity index (χ3v) is 2.77. The fourth-order valence-corrected chi connectivity index (χ4v) is 1.68. The topological polar surface area (TPSA) is 76.1 Å². The number of hydrogen-bond acceptors (Lipinski definition) is 4. The van der Waals surface area contributed by atoms with Crippen LogP contribution in [0.4, 0.5) is 14.5 Å². The van der Waals surface area contributed by atoms with Gasteiger partial charge in [-0.25, -0.2) is 13.6 Å². The van der Waals surface area contributed by atoms with Crippen molar-refractivity contribution in [3.63, 3.8) is 0 Å². The first kappa shape index (κ1) is 14.5. The highest BCUT2D eigenvalue weighted by atomic mass is 19.1. The summed E-state index contributed by atoms with van der Waals surface area (Å²) in [7, 11) is 0. The van der Waals surface area contributed by atoms with Crippen LogP contribution in [0.25, 0.3) is 0 Å². The minimum absolute atomic E-state index is 0.0531. The van der Waals surface area contributed by atoms with Gasteiger partial charge >= 0.3 is 5.97 Å². The van der Waals surface area contributed by atoms with Crippen molar-refractivity contribution in [2.24, 2.45) is 0 Å². The van der Waals surface area contributed by atoms with Crippen molar-refractivity contribution >= 4 is 11.7 Å². The fourth-order valence-electron chi connectivity index (χ4n) is 1.68. The molecule has 6 heteroatoms. The summed E-state index contributed by atoms with van der Waals surface area (Å²) in [6.45, 7) is -0.379. The number of hydrogen-bond donors (Lipinski definition) is 1. The van der Waals surface area contributed by atoms with E-state index in [-0.39, 0.29) is 29.0 Å². The Morgan fingerprint density at radius 1 is 1.24 bits per heavy atom. The van der Waals surface area contributed by atoms with Crippen LogP contribution in [0.3, 0.4) is 0 Å². The first-order chi connectivity index (χ1) is 10.0. The van der Waals surface area contributed by atoms with Gasteiger partial charge in [0.05, 0.1) is 17.2 Å². The third-order valence-electron chi connectivity index (χ3n) is 2.77. The zero-order valence-corrected chi connectivity index (χ0v) is 10.8. The second-order valence-electron chi connectivity index (χ2n) is 4.23. The summed E-state index contributed by atoms with van der Waals surface area (Å²) < 4.78 is 31.5. The van der Waals surface area contributed by atoms with E-state index >= 15 is 0 Å². The second-order valence-corrected chi connectivity index (χ2v) is 4.23. The van der Waals surface area contributed by atoms with Crippen LogP contribution in [0.5, 0.6) is 0 Å². The van der Waals surface area contributed by atoms with Gasteiger partial charge in [-0.15, -0.1) is 0 Å². The molecule has 0 bridgehead atoms. The monoisotopic (exact) mass is 288 g/mol. The zero-order valence-electron chi connectivity index (χ0n) is 10.8. The number of nitrogen functional groups attached to an aromatic ring is 1. The summed E-state index contributed by atoms with van der Waals surface area (Å²) in [5.41, 5.74) is 5.78. The Labute approximate surface area is 119 Å². The number of ether oxygens (including phenoxy) is 1. The number of esters is 1. The van der Waals surface area contributed by atoms with Gasteiger partial charge in [0, 0.05) is 11.3 Å². The smallest absolute Gasteiger partial charge is 0.340 e. The Morgan fingerprint density at radius 3 is 2.71 bits per heavy atom. The molecule has 0 heterocycles. The van der Waals surface area contributed by atoms with Crippen LogP contribution in [0, 0.1) is 23.0 Å². The zero-order chi connectivity index (χ0) is 15.4. The van der Waals surface area contributed by atoms with Crippen LogP contribution in [0.15, 0.2) is 36.4 Å². The molecule has 0 aliphatic carbocycles. The molecule has 0 aliphatic heterocycles. The van der Waals surface area contributed by atoms with Gasteiger partial charge in [-0.1, -0.05) is 0 Å². The van der Waals surface area contributed by atoms with Crippen LogP contribution in [-0.2, 0) is 11.3 Å². The number of nitrogens with zero attached hydrogens (tertiary/aromatic N) is 1. The molecular weight excluding hydrogens is 278 g/mol. The first-order valence-corrected chi connectivity index (χ1v) is 5.92. The highest BCUT2D eigenvalue weighted by Gasteiger charge is 2.14. The lowest BCUT2D eigenvalue weighted by Gasteiger charge is -2.08. The predicted molar refractivity (Wildman–Crippen MR) is 71.0 cm³/mol. The maximum Gasteiger partial charge on any atom is 0.340 e. The lowest BCUT2D eigenvalue weighted by Crippen LogP contribution is -2.09. The maximum absolute atomic E-state index is 13.5. The van der Waals surface area contributed by atoms with E-state index in [1.165, 1.54) is 18.2 Å². The summed E-state index contributed by atoms with van der Waals surface area (Å²) in [6, 6.07) is 8.85. The van der Waals surface area contributed by atoms with E-state index in [0.29, 0.717) is 0 Å². The summed E-state index contributed by atoms with van der Waals surface area (Å²) in [4.78, 5) is 11.8. The maximum atomic E-state index is 13.5. The molecule has 21 heavy (non-hydrogen) atoms. The van der Waals surface area contributed by atoms with Gasteiger partial charge in [-0.2, -0.15) is 5.26 Å². The van der Waals surface area contributed by atoms with Crippen LogP contribution in [0.1, 0.15) is 21.5 Å². The SMILES string of the molecule is N#Cc1ccc(F)c(COC(=O)c2cc(F)ccc2N)c1. The van der Waals surface area contributed by atoms with E-state index in [9.17, 15) is 13.6 Å². The van der Waals surface area contributed by atoms with Crippen molar-refractivity contribution in [3.05, 3.63) is 64.7 Å². The highest BCUT2D eigenvalue weighted by Crippen LogP contribution is 2.17. The summed E-state index contributed by atoms with van der Waals surface area (Å²) in [5, 5.41) is 8.74. The molecule has 106 valence electrons. The van der Waals surface area contributed by atoms with Gasteiger partial charge in [0.1, 0.15) is 18.2 Å². The van der Waals surface area contributed by atoms with Crippen molar-refractivity contribution in [1.29, 1.82) is 5.26 Å². The van der Waals surface area contributed by atoms with Crippen molar-refractivity contribution in [3.8, 4) is 6.07 Å². The molecular formula is C15H10F2N2O2. The fraction of sp³-hybridized carbons (Fsp3) is 0.0667. The molecule has 2 N–H and O–H groups in total. The van der Waals surface area contributed by atoms with Crippen LogP contribution >= 0.6 is 0 Å². The van der Waals surface area contributed by atoms with E-state index in [4.69, 9.17) is 15.7 Å². The summed E-state index contributed by atoms with van der Waals surface area (Å²) in [5.74, 6) is -2.10. The van der Waals surface area contributed by atoms with Crippen LogP contribution in [-0.4, -0.2) is 5.97 Å². The molecule has 0 saturated heterocycles. The molecule has 0 atom stereocenters. The van der Waals surface area contributed by atoms with Crippen LogP contribution < -0.4 is 5.73 Å². The van der Waals surface area contributed by atoms with Crippen molar-refractivity contribution in [2.75, 3.05) is 5.73 Å².